The number of aryl methyl sites for hydroxylation is 2. The van der Waals surface area contributed by atoms with Gasteiger partial charge in [0.25, 0.3) is 8.53 Å². The third-order valence-electron chi connectivity index (χ3n) is 8.99. The van der Waals surface area contributed by atoms with Gasteiger partial charge in [0.15, 0.2) is 0 Å². The summed E-state index contributed by atoms with van der Waals surface area (Å²) in [7, 11) is 0.00236. The zero-order valence-corrected chi connectivity index (χ0v) is 32.1. The number of ether oxygens (including phenoxy) is 2. The first-order valence-electron chi connectivity index (χ1n) is 17.8. The van der Waals surface area contributed by atoms with Crippen LogP contribution in [0.2, 0.25) is 0 Å². The van der Waals surface area contributed by atoms with Gasteiger partial charge in [0.1, 0.15) is 16.9 Å². The highest BCUT2D eigenvalue weighted by Gasteiger charge is 2.39. The summed E-state index contributed by atoms with van der Waals surface area (Å²) < 4.78 is 34.0. The molecule has 0 N–H and O–H groups in total. The van der Waals surface area contributed by atoms with Crippen molar-refractivity contribution in [3.63, 3.8) is 0 Å². The van der Waals surface area contributed by atoms with Gasteiger partial charge in [-0.1, -0.05) is 84.4 Å². The van der Waals surface area contributed by atoms with Crippen LogP contribution in [0.25, 0.3) is 11.0 Å². The predicted molar refractivity (Wildman–Crippen MR) is 207 cm³/mol. The van der Waals surface area contributed by atoms with Gasteiger partial charge >= 0.3 is 5.63 Å². The smallest absolute Gasteiger partial charge is 0.336 e. The van der Waals surface area contributed by atoms with Crippen LogP contribution in [-0.2, 0) is 19.4 Å². The van der Waals surface area contributed by atoms with E-state index >= 15 is 0 Å². The molecule has 0 aliphatic carbocycles. The van der Waals surface area contributed by atoms with Crippen molar-refractivity contribution in [1.82, 2.24) is 4.67 Å². The average Bonchev–Trinajstić information content (AvgIpc) is 3.13. The first-order valence-corrected chi connectivity index (χ1v) is 18.9. The highest BCUT2D eigenvalue weighted by molar-refractivity contribution is 7.44. The van der Waals surface area contributed by atoms with E-state index in [9.17, 15) is 10.1 Å². The zero-order chi connectivity index (χ0) is 37.3. The van der Waals surface area contributed by atoms with Crippen molar-refractivity contribution in [2.45, 2.75) is 78.2 Å². The minimum atomic E-state index is -1.65. The Balaban J connectivity index is 1.63. The van der Waals surface area contributed by atoms with E-state index in [1.807, 2.05) is 67.6 Å². The molecular weight excluding hydrogens is 671 g/mol. The molecule has 0 saturated heterocycles. The third-order valence-corrected chi connectivity index (χ3v) is 11.1. The van der Waals surface area contributed by atoms with Crippen LogP contribution in [0.4, 0.5) is 0 Å². The molecule has 0 amide bonds. The molecule has 3 atom stereocenters. The Morgan fingerprint density at radius 1 is 0.808 bits per heavy atom. The van der Waals surface area contributed by atoms with Crippen LogP contribution in [0.5, 0.6) is 5.75 Å². The normalized spacial score (nSPS) is 14.0. The highest BCUT2D eigenvalue weighted by atomic mass is 31.2. The molecule has 4 aromatic carbocycles. The van der Waals surface area contributed by atoms with Gasteiger partial charge < -0.3 is 22.9 Å². The lowest BCUT2D eigenvalue weighted by Crippen LogP contribution is -2.35. The molecule has 3 unspecified atom stereocenters. The van der Waals surface area contributed by atoms with Crippen molar-refractivity contribution in [1.29, 1.82) is 5.26 Å². The lowest BCUT2D eigenvalue weighted by molar-refractivity contribution is -0.00433. The largest absolute Gasteiger partial charge is 0.497 e. The third kappa shape index (κ3) is 8.98. The van der Waals surface area contributed by atoms with Gasteiger partial charge in [-0.2, -0.15) is 5.26 Å². The highest BCUT2D eigenvalue weighted by Crippen LogP contribution is 2.51. The number of methoxy groups -OCH3 is 1. The SMILES string of the molecule is COc1ccc(C(OCCC(OP(OCCC#N)N(C(C)C)C(C)C)c2cc(=O)oc3cc(C)ccc23)(c2ccccc2)c2ccc(C)cc2)cc1. The molecule has 8 nitrogen and oxygen atoms in total. The molecule has 1 heterocycles. The van der Waals surface area contributed by atoms with E-state index in [1.54, 1.807) is 7.11 Å². The lowest BCUT2D eigenvalue weighted by Gasteiger charge is -2.38. The molecule has 272 valence electrons. The molecule has 0 spiro atoms. The fraction of sp³-hybridized carbons (Fsp3) is 0.349. The molecule has 0 aliphatic heterocycles. The van der Waals surface area contributed by atoms with Gasteiger partial charge in [-0.05, 0) is 87.6 Å². The van der Waals surface area contributed by atoms with Crippen molar-refractivity contribution in [3.05, 3.63) is 147 Å². The van der Waals surface area contributed by atoms with Crippen molar-refractivity contribution >= 4 is 19.5 Å². The first kappa shape index (κ1) is 38.9. The summed E-state index contributed by atoms with van der Waals surface area (Å²) in [6.45, 7) is 12.9. The molecule has 52 heavy (non-hydrogen) atoms. The molecular formula is C43H49N2O6P. The number of hydrogen-bond acceptors (Lipinski definition) is 8. The molecule has 0 fully saturated rings. The van der Waals surface area contributed by atoms with Gasteiger partial charge in [-0.3, -0.25) is 0 Å². The number of nitrogens with zero attached hydrogens (tertiary/aromatic N) is 2. The Kier molecular flexibility index (Phi) is 13.4. The zero-order valence-electron chi connectivity index (χ0n) is 31.2. The molecule has 0 aliphatic rings. The topological polar surface area (TPSA) is 94.2 Å². The summed E-state index contributed by atoms with van der Waals surface area (Å²) in [6, 6.07) is 36.4. The maximum absolute atomic E-state index is 13.1. The Morgan fingerprint density at radius 3 is 2.04 bits per heavy atom. The Labute approximate surface area is 308 Å². The van der Waals surface area contributed by atoms with Gasteiger partial charge in [-0.15, -0.1) is 0 Å². The van der Waals surface area contributed by atoms with E-state index < -0.39 is 25.9 Å². The van der Waals surface area contributed by atoms with Crippen LogP contribution in [0.3, 0.4) is 0 Å². The number of hydrogen-bond donors (Lipinski definition) is 0. The Bertz CT molecular complexity index is 1980. The maximum atomic E-state index is 13.1. The predicted octanol–water partition coefficient (Wildman–Crippen LogP) is 10.2. The monoisotopic (exact) mass is 720 g/mol. The molecule has 0 saturated carbocycles. The second-order valence-corrected chi connectivity index (χ2v) is 14.8. The van der Waals surface area contributed by atoms with E-state index in [4.69, 9.17) is 22.9 Å². The number of fused-ring (bicyclic) bond motifs is 1. The molecule has 0 radical (unpaired) electrons. The van der Waals surface area contributed by atoms with E-state index in [0.717, 1.165) is 39.0 Å². The van der Waals surface area contributed by atoms with E-state index in [0.29, 0.717) is 17.6 Å². The fourth-order valence-electron chi connectivity index (χ4n) is 6.59. The van der Waals surface area contributed by atoms with Gasteiger partial charge in [0.2, 0.25) is 0 Å². The molecule has 1 aromatic heterocycles. The van der Waals surface area contributed by atoms with Crippen LogP contribution >= 0.6 is 8.53 Å². The standard InChI is InChI=1S/C43H49N2O6P/c1-30(2)45(31(3)4)52(49-26-11-25-44)51-40(39-29-42(46)50-41-28-33(6)16-23-38(39)41)24-27-48-43(34-12-9-8-10-13-34,35-17-14-32(5)15-18-35)36-19-21-37(47-7)22-20-36/h8-10,12-23,28-31,40H,11,24,26-27H2,1-7H3. The van der Waals surface area contributed by atoms with E-state index in [-0.39, 0.29) is 31.7 Å². The second kappa shape index (κ2) is 17.9. The summed E-state index contributed by atoms with van der Waals surface area (Å²) in [5, 5.41) is 10.1. The van der Waals surface area contributed by atoms with Crippen LogP contribution in [0.15, 0.2) is 112 Å². The van der Waals surface area contributed by atoms with Crippen molar-refractivity contribution in [2.24, 2.45) is 0 Å². The summed E-state index contributed by atoms with van der Waals surface area (Å²) >= 11 is 0. The van der Waals surface area contributed by atoms with Crippen molar-refractivity contribution in [3.8, 4) is 11.8 Å². The van der Waals surface area contributed by atoms with Crippen LogP contribution in [0, 0.1) is 25.2 Å². The van der Waals surface area contributed by atoms with E-state index in [2.05, 4.69) is 81.8 Å². The summed E-state index contributed by atoms with van der Waals surface area (Å²) in [4.78, 5) is 13.1. The van der Waals surface area contributed by atoms with Crippen molar-refractivity contribution < 1.29 is 22.9 Å². The Morgan fingerprint density at radius 2 is 1.42 bits per heavy atom. The molecule has 5 rings (SSSR count). The lowest BCUT2D eigenvalue weighted by atomic mass is 9.79. The van der Waals surface area contributed by atoms with Crippen LogP contribution in [-0.4, -0.2) is 37.1 Å². The first-order chi connectivity index (χ1) is 25.1. The van der Waals surface area contributed by atoms with Gasteiger partial charge in [-0.25, -0.2) is 9.46 Å². The summed E-state index contributed by atoms with van der Waals surface area (Å²) in [5.41, 5.74) is 4.74. The maximum Gasteiger partial charge on any atom is 0.336 e. The minimum Gasteiger partial charge on any atom is -0.497 e. The second-order valence-electron chi connectivity index (χ2n) is 13.4. The number of rotatable bonds is 17. The van der Waals surface area contributed by atoms with Gasteiger partial charge in [0.05, 0.1) is 38.9 Å². The number of nitriles is 1. The van der Waals surface area contributed by atoms with Gasteiger partial charge in [0, 0.05) is 30.0 Å². The van der Waals surface area contributed by atoms with Crippen molar-refractivity contribution in [2.75, 3.05) is 20.3 Å². The average molecular weight is 721 g/mol. The van der Waals surface area contributed by atoms with E-state index in [1.165, 1.54) is 6.07 Å². The van der Waals surface area contributed by atoms with Crippen LogP contribution in [0.1, 0.15) is 80.0 Å². The Hall–Kier alpha value is -4.35. The van der Waals surface area contributed by atoms with Crippen LogP contribution < -0.4 is 10.4 Å². The quantitative estimate of drug-likeness (QED) is 0.0406. The summed E-state index contributed by atoms with van der Waals surface area (Å²) in [6.07, 6.45) is -0.00676. The molecule has 9 heteroatoms. The fourth-order valence-corrected chi connectivity index (χ4v) is 8.33. The summed E-state index contributed by atoms with van der Waals surface area (Å²) in [5.74, 6) is 0.748. The number of benzene rings is 4. The minimum absolute atomic E-state index is 0.0904. The molecule has 0 bridgehead atoms. The molecule has 5 aromatic rings.